The second-order valence-corrected chi connectivity index (χ2v) is 7.54. The van der Waals surface area contributed by atoms with E-state index in [1.54, 1.807) is 0 Å². The molecule has 2 aliphatic heterocycles. The molecule has 0 spiro atoms. The van der Waals surface area contributed by atoms with E-state index in [2.05, 4.69) is 58.1 Å². The van der Waals surface area contributed by atoms with Gasteiger partial charge in [-0.05, 0) is 31.0 Å². The molecule has 2 saturated heterocycles. The number of nitrogens with zero attached hydrogens (tertiary/aromatic N) is 4. The van der Waals surface area contributed by atoms with Crippen molar-refractivity contribution in [2.75, 3.05) is 52.4 Å². The van der Waals surface area contributed by atoms with Crippen LogP contribution in [-0.2, 0) is 13.1 Å². The van der Waals surface area contributed by atoms with E-state index in [-0.39, 0.29) is 30.1 Å². The molecular weight excluding hydrogens is 465 g/mol. The van der Waals surface area contributed by atoms with E-state index in [1.165, 1.54) is 24.2 Å². The number of nitrogens with one attached hydrogen (secondary N) is 1. The van der Waals surface area contributed by atoms with Gasteiger partial charge in [0.2, 0.25) is 0 Å². The molecular formula is C21H36IN5O. The molecule has 2 heterocycles. The topological polar surface area (TPSA) is 54.3 Å². The molecule has 2 fully saturated rings. The van der Waals surface area contributed by atoms with Gasteiger partial charge in [0.05, 0.1) is 12.6 Å². The highest BCUT2D eigenvalue weighted by Gasteiger charge is 2.23. The molecule has 7 heteroatoms. The Morgan fingerprint density at radius 3 is 2.36 bits per heavy atom. The molecule has 2 aliphatic rings. The largest absolute Gasteiger partial charge is 0.391 e. The number of likely N-dealkylation sites (N-methyl/N-ethyl adjacent to an activating group) is 1. The second kappa shape index (κ2) is 11.9. The molecule has 0 aliphatic carbocycles. The molecule has 2 N–H and O–H groups in total. The second-order valence-electron chi connectivity index (χ2n) is 7.54. The fourth-order valence-corrected chi connectivity index (χ4v) is 3.89. The van der Waals surface area contributed by atoms with Gasteiger partial charge in [-0.3, -0.25) is 4.90 Å². The third kappa shape index (κ3) is 6.57. The maximum atomic E-state index is 9.83. The van der Waals surface area contributed by atoms with Crippen molar-refractivity contribution in [1.29, 1.82) is 0 Å². The summed E-state index contributed by atoms with van der Waals surface area (Å²) in [5.41, 5.74) is 2.68. The van der Waals surface area contributed by atoms with E-state index in [0.717, 1.165) is 51.6 Å². The zero-order valence-electron chi connectivity index (χ0n) is 17.3. The summed E-state index contributed by atoms with van der Waals surface area (Å²) >= 11 is 0. The number of likely N-dealkylation sites (tertiary alicyclic amines) is 1. The van der Waals surface area contributed by atoms with Crippen LogP contribution in [0.4, 0.5) is 0 Å². The number of aliphatic hydroxyl groups excluding tert-OH is 1. The normalized spacial score (nSPS) is 21.6. The van der Waals surface area contributed by atoms with Crippen LogP contribution in [0.1, 0.15) is 31.4 Å². The summed E-state index contributed by atoms with van der Waals surface area (Å²) in [6, 6.07) is 8.68. The number of guanidine groups is 1. The Balaban J connectivity index is 0.00000280. The van der Waals surface area contributed by atoms with Crippen molar-refractivity contribution < 1.29 is 5.11 Å². The van der Waals surface area contributed by atoms with E-state index in [0.29, 0.717) is 13.1 Å². The van der Waals surface area contributed by atoms with E-state index in [1.807, 2.05) is 0 Å². The number of hydrogen-bond acceptors (Lipinski definition) is 4. The number of rotatable bonds is 6. The first-order chi connectivity index (χ1) is 13.2. The maximum Gasteiger partial charge on any atom is 0.194 e. The number of benzene rings is 1. The monoisotopic (exact) mass is 501 g/mol. The quantitative estimate of drug-likeness (QED) is 0.355. The molecule has 6 nitrogen and oxygen atoms in total. The number of aliphatic hydroxyl groups is 1. The molecule has 1 aromatic rings. The maximum absolute atomic E-state index is 9.83. The van der Waals surface area contributed by atoms with Gasteiger partial charge in [-0.25, -0.2) is 4.99 Å². The van der Waals surface area contributed by atoms with Crippen molar-refractivity contribution in [3.05, 3.63) is 35.4 Å². The minimum Gasteiger partial charge on any atom is -0.391 e. The van der Waals surface area contributed by atoms with Crippen LogP contribution in [0.5, 0.6) is 0 Å². The molecule has 0 radical (unpaired) electrons. The van der Waals surface area contributed by atoms with Gasteiger partial charge < -0.3 is 20.2 Å². The van der Waals surface area contributed by atoms with Crippen LogP contribution in [0.2, 0.25) is 0 Å². The van der Waals surface area contributed by atoms with Gasteiger partial charge in [0, 0.05) is 52.4 Å². The molecule has 1 atom stereocenters. The van der Waals surface area contributed by atoms with Crippen LogP contribution in [0.15, 0.2) is 29.3 Å². The molecule has 0 amide bonds. The predicted octanol–water partition coefficient (Wildman–Crippen LogP) is 1.97. The van der Waals surface area contributed by atoms with Gasteiger partial charge in [-0.2, -0.15) is 0 Å². The smallest absolute Gasteiger partial charge is 0.194 e. The van der Waals surface area contributed by atoms with Crippen molar-refractivity contribution in [2.24, 2.45) is 4.99 Å². The number of halogens is 1. The van der Waals surface area contributed by atoms with Crippen LogP contribution in [-0.4, -0.2) is 84.2 Å². The Bertz CT molecular complexity index is 619. The Morgan fingerprint density at radius 1 is 1.07 bits per heavy atom. The fourth-order valence-electron chi connectivity index (χ4n) is 3.89. The zero-order chi connectivity index (χ0) is 19.1. The van der Waals surface area contributed by atoms with Crippen molar-refractivity contribution in [1.82, 2.24) is 20.0 Å². The highest BCUT2D eigenvalue weighted by molar-refractivity contribution is 14.0. The van der Waals surface area contributed by atoms with Crippen molar-refractivity contribution in [3.8, 4) is 0 Å². The summed E-state index contributed by atoms with van der Waals surface area (Å²) in [6.07, 6.45) is 0.591. The highest BCUT2D eigenvalue weighted by atomic mass is 127. The van der Waals surface area contributed by atoms with Crippen LogP contribution in [0, 0.1) is 0 Å². The summed E-state index contributed by atoms with van der Waals surface area (Å²) < 4.78 is 0. The number of hydrogen-bond donors (Lipinski definition) is 2. The van der Waals surface area contributed by atoms with Gasteiger partial charge in [0.15, 0.2) is 5.96 Å². The first kappa shape index (κ1) is 23.4. The SMILES string of the molecule is CCNC(=NCc1ccccc1CN1CCN(CC)CC1)N1CC[C@@H](O)C1.I. The van der Waals surface area contributed by atoms with Gasteiger partial charge >= 0.3 is 0 Å². The standard InChI is InChI=1S/C21H35N5O.HI/c1-3-22-21(26-10-9-20(27)17-26)23-15-18-7-5-6-8-19(18)16-25-13-11-24(4-2)12-14-25;/h5-8,20,27H,3-4,9-17H2,1-2H3,(H,22,23);1H/t20-;/m1./s1. The molecule has 0 bridgehead atoms. The zero-order valence-corrected chi connectivity index (χ0v) is 19.6. The summed E-state index contributed by atoms with van der Waals surface area (Å²) in [7, 11) is 0. The molecule has 0 unspecified atom stereocenters. The van der Waals surface area contributed by atoms with Crippen LogP contribution >= 0.6 is 24.0 Å². The Kier molecular flexibility index (Phi) is 9.98. The first-order valence-corrected chi connectivity index (χ1v) is 10.4. The first-order valence-electron chi connectivity index (χ1n) is 10.4. The Labute approximate surface area is 187 Å². The average Bonchev–Trinajstić information content (AvgIpc) is 3.13. The summed E-state index contributed by atoms with van der Waals surface area (Å²) in [4.78, 5) is 12.1. The van der Waals surface area contributed by atoms with Gasteiger partial charge in [-0.1, -0.05) is 31.2 Å². The molecule has 28 heavy (non-hydrogen) atoms. The van der Waals surface area contributed by atoms with E-state index < -0.39 is 0 Å². The lowest BCUT2D eigenvalue weighted by Crippen LogP contribution is -2.45. The van der Waals surface area contributed by atoms with Crippen LogP contribution in [0.25, 0.3) is 0 Å². The molecule has 158 valence electrons. The van der Waals surface area contributed by atoms with Crippen molar-refractivity contribution in [3.63, 3.8) is 0 Å². The summed E-state index contributed by atoms with van der Waals surface area (Å²) in [5.74, 6) is 0.917. The lowest BCUT2D eigenvalue weighted by Gasteiger charge is -2.34. The Hall–Kier alpha value is -0.900. The fraction of sp³-hybridized carbons (Fsp3) is 0.667. The summed E-state index contributed by atoms with van der Waals surface area (Å²) in [5, 5.41) is 13.2. The van der Waals surface area contributed by atoms with Crippen LogP contribution in [0.3, 0.4) is 0 Å². The van der Waals surface area contributed by atoms with Gasteiger partial charge in [-0.15, -0.1) is 24.0 Å². The third-order valence-electron chi connectivity index (χ3n) is 5.62. The average molecular weight is 501 g/mol. The lowest BCUT2D eigenvalue weighted by atomic mass is 10.1. The van der Waals surface area contributed by atoms with Crippen molar-refractivity contribution >= 4 is 29.9 Å². The third-order valence-corrected chi connectivity index (χ3v) is 5.62. The number of aliphatic imine (C=N–C) groups is 1. The number of piperazine rings is 1. The molecule has 1 aromatic carbocycles. The van der Waals surface area contributed by atoms with E-state index in [4.69, 9.17) is 4.99 Å². The van der Waals surface area contributed by atoms with E-state index in [9.17, 15) is 5.11 Å². The van der Waals surface area contributed by atoms with Crippen molar-refractivity contribution in [2.45, 2.75) is 39.5 Å². The molecule has 3 rings (SSSR count). The minimum atomic E-state index is -0.233. The molecule has 0 saturated carbocycles. The Morgan fingerprint density at radius 2 is 1.75 bits per heavy atom. The van der Waals surface area contributed by atoms with E-state index >= 15 is 0 Å². The summed E-state index contributed by atoms with van der Waals surface area (Å²) in [6.45, 7) is 14.2. The van der Waals surface area contributed by atoms with Gasteiger partial charge in [0.25, 0.3) is 0 Å². The molecule has 0 aromatic heterocycles. The predicted molar refractivity (Wildman–Crippen MR) is 126 cm³/mol. The lowest BCUT2D eigenvalue weighted by molar-refractivity contribution is 0.131. The van der Waals surface area contributed by atoms with Crippen LogP contribution < -0.4 is 5.32 Å². The van der Waals surface area contributed by atoms with Gasteiger partial charge in [0.1, 0.15) is 0 Å². The highest BCUT2D eigenvalue weighted by Crippen LogP contribution is 2.16. The number of β-amino-alcohol motifs (C(OH)–C–C–N with tert-alkyl or cyclic N) is 1. The minimum absolute atomic E-state index is 0.